The number of nitrogens with one attached hydrogen (secondary N) is 1. The molecule has 80 valence electrons. The minimum Gasteiger partial charge on any atom is -0.408 e. The van der Waals surface area contributed by atoms with E-state index in [-0.39, 0.29) is 0 Å². The van der Waals surface area contributed by atoms with E-state index in [1.54, 1.807) is 6.26 Å². The fraction of sp³-hybridized carbons (Fsp3) is 0.714. The van der Waals surface area contributed by atoms with Crippen LogP contribution in [0.25, 0.3) is 0 Å². The van der Waals surface area contributed by atoms with Crippen LogP contribution in [0.4, 0.5) is 6.01 Å². The summed E-state index contributed by atoms with van der Waals surface area (Å²) in [7, 11) is -0.808. The van der Waals surface area contributed by atoms with Crippen LogP contribution in [0, 0.1) is 0 Å². The topological polar surface area (TPSA) is 94.0 Å². The van der Waals surface area contributed by atoms with Crippen molar-refractivity contribution in [1.82, 2.24) is 10.2 Å². The third kappa shape index (κ3) is 3.84. The molecule has 0 radical (unpaired) electrons. The number of nitrogens with two attached hydrogens (primary N) is 1. The first-order chi connectivity index (χ1) is 6.72. The molecule has 0 aliphatic heterocycles. The molecule has 1 rings (SSSR count). The minimum atomic E-state index is -0.808. The Hall–Kier alpha value is -0.950. The van der Waals surface area contributed by atoms with Crippen LogP contribution in [0.15, 0.2) is 4.42 Å². The van der Waals surface area contributed by atoms with Gasteiger partial charge in [0.1, 0.15) is 0 Å². The lowest BCUT2D eigenvalue weighted by Gasteiger charge is -1.97. The van der Waals surface area contributed by atoms with Crippen molar-refractivity contribution in [2.45, 2.75) is 6.42 Å². The van der Waals surface area contributed by atoms with Crippen LogP contribution in [0.2, 0.25) is 0 Å². The molecule has 0 aromatic carbocycles. The van der Waals surface area contributed by atoms with Crippen LogP contribution >= 0.6 is 0 Å². The summed E-state index contributed by atoms with van der Waals surface area (Å²) in [6, 6.07) is 0.360. The van der Waals surface area contributed by atoms with Crippen molar-refractivity contribution in [2.75, 3.05) is 30.4 Å². The molecule has 1 heterocycles. The molecule has 0 bridgehead atoms. The molecule has 0 spiro atoms. The maximum atomic E-state index is 10.7. The highest BCUT2D eigenvalue weighted by Gasteiger charge is 2.03. The molecule has 1 unspecified atom stereocenters. The van der Waals surface area contributed by atoms with E-state index >= 15 is 0 Å². The van der Waals surface area contributed by atoms with Gasteiger partial charge in [-0.2, -0.15) is 0 Å². The van der Waals surface area contributed by atoms with Crippen LogP contribution in [0.3, 0.4) is 0 Å². The lowest BCUT2D eigenvalue weighted by Crippen LogP contribution is -2.09. The van der Waals surface area contributed by atoms with Crippen molar-refractivity contribution < 1.29 is 8.63 Å². The summed E-state index contributed by atoms with van der Waals surface area (Å²) in [5.74, 6) is 1.09. The van der Waals surface area contributed by atoms with E-state index in [0.717, 1.165) is 0 Å². The molecular formula is C7H14N4O2S. The summed E-state index contributed by atoms with van der Waals surface area (Å²) in [4.78, 5) is 0. The quantitative estimate of drug-likeness (QED) is 0.659. The minimum absolute atomic E-state index is 0.360. The van der Waals surface area contributed by atoms with Gasteiger partial charge in [-0.15, -0.1) is 5.10 Å². The highest BCUT2D eigenvalue weighted by molar-refractivity contribution is 7.84. The maximum absolute atomic E-state index is 10.7. The first-order valence-electron chi connectivity index (χ1n) is 4.28. The third-order valence-corrected chi connectivity index (χ3v) is 2.27. The number of anilines is 1. The molecule has 6 nitrogen and oxygen atoms in total. The van der Waals surface area contributed by atoms with Gasteiger partial charge in [-0.25, -0.2) is 0 Å². The molecule has 1 aromatic rings. The Balaban J connectivity index is 2.32. The third-order valence-electron chi connectivity index (χ3n) is 1.49. The molecule has 0 fully saturated rings. The van der Waals surface area contributed by atoms with Gasteiger partial charge in [0.05, 0.1) is 0 Å². The lowest BCUT2D eigenvalue weighted by molar-refractivity contribution is 0.506. The fourth-order valence-corrected chi connectivity index (χ4v) is 1.24. The summed E-state index contributed by atoms with van der Waals surface area (Å²) in [5, 5.41) is 10.4. The Morgan fingerprint density at radius 3 is 3.00 bits per heavy atom. The predicted octanol–water partition coefficient (Wildman–Crippen LogP) is -0.639. The van der Waals surface area contributed by atoms with Crippen molar-refractivity contribution in [2.24, 2.45) is 5.73 Å². The van der Waals surface area contributed by atoms with Gasteiger partial charge in [-0.1, -0.05) is 5.10 Å². The Morgan fingerprint density at radius 1 is 1.57 bits per heavy atom. The zero-order chi connectivity index (χ0) is 10.4. The second-order valence-corrected chi connectivity index (χ2v) is 4.30. The van der Waals surface area contributed by atoms with E-state index in [1.165, 1.54) is 0 Å². The molecule has 0 amide bonds. The molecule has 3 N–H and O–H groups in total. The summed E-state index contributed by atoms with van der Waals surface area (Å²) in [5.41, 5.74) is 5.32. The van der Waals surface area contributed by atoms with Crippen molar-refractivity contribution in [3.05, 3.63) is 5.89 Å². The van der Waals surface area contributed by atoms with Crippen molar-refractivity contribution in [3.8, 4) is 0 Å². The second kappa shape index (κ2) is 5.71. The van der Waals surface area contributed by atoms with E-state index in [0.29, 0.717) is 37.2 Å². The molecule has 1 aromatic heterocycles. The number of nitrogens with zero attached hydrogens (tertiary/aromatic N) is 2. The van der Waals surface area contributed by atoms with Crippen molar-refractivity contribution in [3.63, 3.8) is 0 Å². The second-order valence-electron chi connectivity index (χ2n) is 2.74. The maximum Gasteiger partial charge on any atom is 0.315 e. The molecular weight excluding hydrogens is 204 g/mol. The van der Waals surface area contributed by atoms with Crippen molar-refractivity contribution >= 4 is 16.8 Å². The molecule has 0 aliphatic carbocycles. The average molecular weight is 218 g/mol. The van der Waals surface area contributed by atoms with Crippen molar-refractivity contribution in [1.29, 1.82) is 0 Å². The fourth-order valence-electron chi connectivity index (χ4n) is 0.851. The Bertz CT molecular complexity index is 302. The van der Waals surface area contributed by atoms with Gasteiger partial charge in [-0.05, 0) is 0 Å². The summed E-state index contributed by atoms with van der Waals surface area (Å²) >= 11 is 0. The Labute approximate surface area is 84.7 Å². The van der Waals surface area contributed by atoms with Gasteiger partial charge < -0.3 is 15.5 Å². The predicted molar refractivity (Wildman–Crippen MR) is 54.5 cm³/mol. The lowest BCUT2D eigenvalue weighted by atomic mass is 10.4. The molecule has 0 saturated carbocycles. The zero-order valence-electron chi connectivity index (χ0n) is 8.02. The average Bonchev–Trinajstić information content (AvgIpc) is 2.53. The summed E-state index contributed by atoms with van der Waals surface area (Å²) in [6.07, 6.45) is 2.23. The molecule has 0 saturated heterocycles. The van der Waals surface area contributed by atoms with E-state index in [4.69, 9.17) is 10.2 Å². The smallest absolute Gasteiger partial charge is 0.315 e. The number of rotatable bonds is 6. The molecule has 0 aliphatic rings. The van der Waals surface area contributed by atoms with Gasteiger partial charge in [0.25, 0.3) is 0 Å². The van der Waals surface area contributed by atoms with Crippen LogP contribution in [-0.4, -0.2) is 39.5 Å². The first-order valence-corrected chi connectivity index (χ1v) is 6.01. The van der Waals surface area contributed by atoms with E-state index < -0.39 is 10.8 Å². The zero-order valence-corrected chi connectivity index (χ0v) is 8.84. The van der Waals surface area contributed by atoms with Gasteiger partial charge >= 0.3 is 6.01 Å². The normalized spacial score (nSPS) is 12.7. The molecule has 7 heteroatoms. The highest BCUT2D eigenvalue weighted by Crippen LogP contribution is 2.04. The number of aromatic nitrogens is 2. The number of hydrogen-bond acceptors (Lipinski definition) is 6. The monoisotopic (exact) mass is 218 g/mol. The van der Waals surface area contributed by atoms with E-state index in [2.05, 4.69) is 15.5 Å². The molecule has 14 heavy (non-hydrogen) atoms. The Morgan fingerprint density at radius 2 is 2.36 bits per heavy atom. The standard InChI is InChI=1S/C7H14N4O2S/c1-14(12)5-4-9-7-11-10-6(13-7)2-3-8/h2-5,8H2,1H3,(H,9,11). The molecule has 1 atom stereocenters. The van der Waals surface area contributed by atoms with Gasteiger partial charge in [0.15, 0.2) is 0 Å². The van der Waals surface area contributed by atoms with Crippen LogP contribution in [0.1, 0.15) is 5.89 Å². The van der Waals surface area contributed by atoms with Gasteiger partial charge in [0.2, 0.25) is 5.89 Å². The highest BCUT2D eigenvalue weighted by atomic mass is 32.2. The first kappa shape index (κ1) is 11.1. The van der Waals surface area contributed by atoms with Gasteiger partial charge in [0, 0.05) is 42.3 Å². The number of hydrogen-bond donors (Lipinski definition) is 2. The van der Waals surface area contributed by atoms with Crippen LogP contribution < -0.4 is 11.1 Å². The van der Waals surface area contributed by atoms with Crippen LogP contribution in [0.5, 0.6) is 0 Å². The van der Waals surface area contributed by atoms with E-state index in [9.17, 15) is 4.21 Å². The largest absolute Gasteiger partial charge is 0.408 e. The SMILES string of the molecule is CS(=O)CCNc1nnc(CCN)o1. The summed E-state index contributed by atoms with van der Waals surface area (Å²) in [6.45, 7) is 1.05. The summed E-state index contributed by atoms with van der Waals surface area (Å²) < 4.78 is 15.9. The van der Waals surface area contributed by atoms with Gasteiger partial charge in [-0.3, -0.25) is 4.21 Å². The van der Waals surface area contributed by atoms with E-state index in [1.807, 2.05) is 0 Å². The Kier molecular flexibility index (Phi) is 4.54. The van der Waals surface area contributed by atoms with Crippen LogP contribution in [-0.2, 0) is 17.2 Å².